The summed E-state index contributed by atoms with van der Waals surface area (Å²) in [4.78, 5) is 4.19. The van der Waals surface area contributed by atoms with Crippen molar-refractivity contribution >= 4 is 15.9 Å². The molecule has 19 heavy (non-hydrogen) atoms. The molecule has 1 unspecified atom stereocenters. The van der Waals surface area contributed by atoms with Gasteiger partial charge in [-0.15, -0.1) is 0 Å². The molecule has 0 aliphatic heterocycles. The number of rotatable bonds is 10. The number of hydrogen-bond acceptors (Lipinski definition) is 3. The molecule has 1 aromatic rings. The first-order chi connectivity index (χ1) is 9.27. The molecule has 4 heteroatoms. The normalized spacial score (nSPS) is 12.6. The Balaban J connectivity index is 2.22. The predicted octanol–water partition coefficient (Wildman–Crippen LogP) is 4.49. The molecule has 0 saturated heterocycles. The fourth-order valence-corrected chi connectivity index (χ4v) is 2.65. The summed E-state index contributed by atoms with van der Waals surface area (Å²) in [5.41, 5.74) is 4.05. The largest absolute Gasteiger partial charge is 0.271 e. The van der Waals surface area contributed by atoms with E-state index in [-0.39, 0.29) is 6.04 Å². The van der Waals surface area contributed by atoms with E-state index in [1.807, 2.05) is 6.20 Å². The van der Waals surface area contributed by atoms with E-state index in [0.29, 0.717) is 0 Å². The van der Waals surface area contributed by atoms with E-state index in [1.54, 1.807) is 6.20 Å². The monoisotopic (exact) mass is 327 g/mol. The van der Waals surface area contributed by atoms with E-state index in [9.17, 15) is 0 Å². The van der Waals surface area contributed by atoms with Crippen molar-refractivity contribution in [2.75, 3.05) is 0 Å². The van der Waals surface area contributed by atoms with Crippen molar-refractivity contribution in [1.82, 2.24) is 10.4 Å². The van der Waals surface area contributed by atoms with Gasteiger partial charge in [0.15, 0.2) is 0 Å². The molecule has 1 aromatic heterocycles. The molecule has 0 bridgehead atoms. The van der Waals surface area contributed by atoms with E-state index in [4.69, 9.17) is 5.84 Å². The summed E-state index contributed by atoms with van der Waals surface area (Å²) >= 11 is 3.45. The van der Waals surface area contributed by atoms with Gasteiger partial charge in [0.2, 0.25) is 0 Å². The van der Waals surface area contributed by atoms with Crippen LogP contribution in [-0.4, -0.2) is 4.98 Å². The number of halogens is 1. The maximum atomic E-state index is 5.64. The van der Waals surface area contributed by atoms with Crippen molar-refractivity contribution in [3.8, 4) is 0 Å². The van der Waals surface area contributed by atoms with E-state index in [1.165, 1.54) is 44.9 Å². The Bertz CT molecular complexity index is 344. The summed E-state index contributed by atoms with van der Waals surface area (Å²) in [6.45, 7) is 2.25. The predicted molar refractivity (Wildman–Crippen MR) is 84.6 cm³/mol. The minimum absolute atomic E-state index is 0.209. The Morgan fingerprint density at radius 3 is 2.47 bits per heavy atom. The van der Waals surface area contributed by atoms with Gasteiger partial charge < -0.3 is 0 Å². The maximum absolute atomic E-state index is 5.64. The highest BCUT2D eigenvalue weighted by Gasteiger charge is 2.09. The van der Waals surface area contributed by atoms with Gasteiger partial charge in [0.25, 0.3) is 0 Å². The molecule has 1 rings (SSSR count). The highest BCUT2D eigenvalue weighted by molar-refractivity contribution is 9.10. The molecule has 1 atom stereocenters. The lowest BCUT2D eigenvalue weighted by Crippen LogP contribution is -2.28. The number of pyridine rings is 1. The van der Waals surface area contributed by atoms with Crippen LogP contribution in [0.1, 0.15) is 69.9 Å². The SMILES string of the molecule is CCCCCCCCCC(NN)c1cncc(Br)c1. The Morgan fingerprint density at radius 2 is 1.84 bits per heavy atom. The van der Waals surface area contributed by atoms with Crippen molar-refractivity contribution in [3.05, 3.63) is 28.5 Å². The molecule has 1 heterocycles. The first kappa shape index (κ1) is 16.6. The van der Waals surface area contributed by atoms with Crippen molar-refractivity contribution in [2.45, 2.75) is 64.3 Å². The van der Waals surface area contributed by atoms with Gasteiger partial charge >= 0.3 is 0 Å². The van der Waals surface area contributed by atoms with Crippen LogP contribution in [0.5, 0.6) is 0 Å². The summed E-state index contributed by atoms with van der Waals surface area (Å²) < 4.78 is 1.00. The van der Waals surface area contributed by atoms with Gasteiger partial charge in [-0.3, -0.25) is 16.3 Å². The average molecular weight is 328 g/mol. The minimum atomic E-state index is 0.209. The first-order valence-electron chi connectivity index (χ1n) is 7.34. The Kier molecular flexibility index (Phi) is 9.05. The second-order valence-electron chi connectivity index (χ2n) is 5.07. The van der Waals surface area contributed by atoms with Gasteiger partial charge in [0.1, 0.15) is 0 Å². The standard InChI is InChI=1S/C15H26BrN3/c1-2-3-4-5-6-7-8-9-15(19-17)13-10-14(16)12-18-11-13/h10-12,15,19H,2-9,17H2,1H3. The number of nitrogens with zero attached hydrogens (tertiary/aromatic N) is 1. The summed E-state index contributed by atoms with van der Waals surface area (Å²) in [6.07, 6.45) is 14.0. The van der Waals surface area contributed by atoms with Crippen molar-refractivity contribution < 1.29 is 0 Å². The van der Waals surface area contributed by atoms with Crippen LogP contribution < -0.4 is 11.3 Å². The lowest BCUT2D eigenvalue weighted by atomic mass is 10.0. The summed E-state index contributed by atoms with van der Waals surface area (Å²) in [7, 11) is 0. The van der Waals surface area contributed by atoms with Crippen LogP contribution in [-0.2, 0) is 0 Å². The van der Waals surface area contributed by atoms with Crippen LogP contribution in [0.25, 0.3) is 0 Å². The third-order valence-electron chi connectivity index (χ3n) is 3.43. The van der Waals surface area contributed by atoms with Crippen LogP contribution in [0.4, 0.5) is 0 Å². The molecule has 0 aliphatic rings. The molecule has 3 nitrogen and oxygen atoms in total. The Labute approximate surface area is 125 Å². The molecular formula is C15H26BrN3. The van der Waals surface area contributed by atoms with Crippen LogP contribution >= 0.6 is 15.9 Å². The fourth-order valence-electron chi connectivity index (χ4n) is 2.27. The molecular weight excluding hydrogens is 302 g/mol. The lowest BCUT2D eigenvalue weighted by Gasteiger charge is -2.16. The van der Waals surface area contributed by atoms with Crippen LogP contribution in [0.15, 0.2) is 22.9 Å². The second kappa shape index (κ2) is 10.4. The molecule has 0 aromatic carbocycles. The van der Waals surface area contributed by atoms with Crippen LogP contribution in [0, 0.1) is 0 Å². The van der Waals surface area contributed by atoms with Gasteiger partial charge in [0, 0.05) is 22.9 Å². The highest BCUT2D eigenvalue weighted by Crippen LogP contribution is 2.21. The zero-order valence-electron chi connectivity index (χ0n) is 11.9. The summed E-state index contributed by atoms with van der Waals surface area (Å²) in [5, 5.41) is 0. The van der Waals surface area contributed by atoms with Gasteiger partial charge in [-0.25, -0.2) is 0 Å². The number of nitrogens with two attached hydrogens (primary N) is 1. The number of unbranched alkanes of at least 4 members (excludes halogenated alkanes) is 6. The molecule has 3 N–H and O–H groups in total. The summed E-state index contributed by atoms with van der Waals surface area (Å²) in [5.74, 6) is 5.64. The third kappa shape index (κ3) is 7.04. The quantitative estimate of drug-likeness (QED) is 0.378. The van der Waals surface area contributed by atoms with Crippen LogP contribution in [0.2, 0.25) is 0 Å². The van der Waals surface area contributed by atoms with E-state index >= 15 is 0 Å². The Morgan fingerprint density at radius 1 is 1.16 bits per heavy atom. The molecule has 108 valence electrons. The Hall–Kier alpha value is -0.450. The van der Waals surface area contributed by atoms with E-state index in [2.05, 4.69) is 39.3 Å². The van der Waals surface area contributed by atoms with Crippen molar-refractivity contribution in [1.29, 1.82) is 0 Å². The highest BCUT2D eigenvalue weighted by atomic mass is 79.9. The van der Waals surface area contributed by atoms with E-state index in [0.717, 1.165) is 16.5 Å². The number of hydrazine groups is 1. The fraction of sp³-hybridized carbons (Fsp3) is 0.667. The van der Waals surface area contributed by atoms with Gasteiger partial charge in [-0.1, -0.05) is 51.9 Å². The first-order valence-corrected chi connectivity index (χ1v) is 8.13. The van der Waals surface area contributed by atoms with E-state index < -0.39 is 0 Å². The smallest absolute Gasteiger partial charge is 0.0475 e. The molecule has 0 amide bonds. The summed E-state index contributed by atoms with van der Waals surface area (Å²) in [6, 6.07) is 2.29. The molecule has 0 fully saturated rings. The molecule has 0 aliphatic carbocycles. The van der Waals surface area contributed by atoms with Gasteiger partial charge in [-0.05, 0) is 34.0 Å². The van der Waals surface area contributed by atoms with Crippen molar-refractivity contribution in [3.63, 3.8) is 0 Å². The maximum Gasteiger partial charge on any atom is 0.0475 e. The number of hydrogen-bond donors (Lipinski definition) is 2. The van der Waals surface area contributed by atoms with Gasteiger partial charge in [0.05, 0.1) is 0 Å². The molecule has 0 radical (unpaired) electrons. The molecule has 0 spiro atoms. The number of aromatic nitrogens is 1. The van der Waals surface area contributed by atoms with Crippen LogP contribution in [0.3, 0.4) is 0 Å². The zero-order chi connectivity index (χ0) is 13.9. The second-order valence-corrected chi connectivity index (χ2v) is 5.98. The van der Waals surface area contributed by atoms with Crippen molar-refractivity contribution in [2.24, 2.45) is 5.84 Å². The average Bonchev–Trinajstić information content (AvgIpc) is 2.42. The lowest BCUT2D eigenvalue weighted by molar-refractivity contribution is 0.474. The topological polar surface area (TPSA) is 50.9 Å². The van der Waals surface area contributed by atoms with Gasteiger partial charge in [-0.2, -0.15) is 0 Å². The zero-order valence-corrected chi connectivity index (χ0v) is 13.5. The number of nitrogens with one attached hydrogen (secondary N) is 1. The minimum Gasteiger partial charge on any atom is -0.271 e. The molecule has 0 saturated carbocycles. The third-order valence-corrected chi connectivity index (χ3v) is 3.86.